The highest BCUT2D eigenvalue weighted by atomic mass is 31.2. The summed E-state index contributed by atoms with van der Waals surface area (Å²) in [5, 5.41) is 14.1. The third-order valence-corrected chi connectivity index (χ3v) is 20.1. The average molecular weight is 1290 g/mol. The smallest absolute Gasteiger partial charge is 0.387 e. The number of amides is 1. The van der Waals surface area contributed by atoms with Crippen LogP contribution in [0.25, 0.3) is 0 Å². The fourth-order valence-corrected chi connectivity index (χ4v) is 13.6. The molecular formula is C81H162N2O6P+. The van der Waals surface area contributed by atoms with Gasteiger partial charge < -0.3 is 19.8 Å². The molecule has 0 aromatic rings. The van der Waals surface area contributed by atoms with Gasteiger partial charge in [-0.3, -0.25) is 13.8 Å². The van der Waals surface area contributed by atoms with Crippen LogP contribution in [0.2, 0.25) is 0 Å². The van der Waals surface area contributed by atoms with Crippen LogP contribution in [-0.4, -0.2) is 73.4 Å². The summed E-state index contributed by atoms with van der Waals surface area (Å²) in [6, 6.07) is -0.846. The molecule has 90 heavy (non-hydrogen) atoms. The van der Waals surface area contributed by atoms with Crippen molar-refractivity contribution in [3.05, 3.63) is 24.3 Å². The predicted molar refractivity (Wildman–Crippen MR) is 397 cm³/mol. The fraction of sp³-hybridized carbons (Fsp3) is 0.938. The highest BCUT2D eigenvalue weighted by Gasteiger charge is 2.28. The third-order valence-electron chi connectivity index (χ3n) is 19.2. The second-order valence-electron chi connectivity index (χ2n) is 29.5. The van der Waals surface area contributed by atoms with Gasteiger partial charge >= 0.3 is 7.82 Å². The Morgan fingerprint density at radius 1 is 0.367 bits per heavy atom. The summed E-state index contributed by atoms with van der Waals surface area (Å²) in [5.74, 6) is -0.166. The van der Waals surface area contributed by atoms with Gasteiger partial charge in [-0.05, 0) is 44.9 Å². The van der Waals surface area contributed by atoms with Crippen molar-refractivity contribution in [3.8, 4) is 0 Å². The van der Waals surface area contributed by atoms with E-state index in [1.807, 2.05) is 27.2 Å². The normalized spacial score (nSPS) is 13.5. The zero-order valence-corrected chi connectivity index (χ0v) is 62.6. The Kier molecular flexibility index (Phi) is 71.4. The Morgan fingerprint density at radius 3 is 0.856 bits per heavy atom. The number of carbonyl (C=O) groups is 1. The maximum absolute atomic E-state index is 13.1. The predicted octanol–water partition coefficient (Wildman–Crippen LogP) is 26.6. The molecule has 0 saturated heterocycles. The standard InChI is InChI=1S/C81H161N2O6P/c1-6-8-10-12-14-16-18-20-22-24-26-28-30-32-34-36-37-38-39-40-41-42-43-44-45-47-49-51-53-55-57-59-61-63-65-67-69-71-73-75-81(85)82-79(78-89-90(86,87)88-77-76-83(3,4)5)80(84)74-72-70-68-66-64-62-60-58-56-54-52-50-48-46-35-33-31-29-27-25-23-21-19-17-15-13-11-9-7-2/h24,26,72,74,79-80,84H,6-23,25,27-71,73,75-78H2,1-5H3,(H-,82,85,86,87)/p+1/b26-24-,74-72+. The minimum Gasteiger partial charge on any atom is -0.387 e. The zero-order valence-electron chi connectivity index (χ0n) is 61.7. The minimum absolute atomic E-state index is 0.0650. The topological polar surface area (TPSA) is 105 Å². The van der Waals surface area contributed by atoms with Gasteiger partial charge in [-0.25, -0.2) is 4.57 Å². The summed E-state index contributed by atoms with van der Waals surface area (Å²) in [6.45, 7) is 4.89. The summed E-state index contributed by atoms with van der Waals surface area (Å²) in [7, 11) is 1.60. The Bertz CT molecular complexity index is 1520. The lowest BCUT2D eigenvalue weighted by atomic mass is 10.0. The van der Waals surface area contributed by atoms with E-state index in [0.29, 0.717) is 17.4 Å². The van der Waals surface area contributed by atoms with Crippen LogP contribution in [0.5, 0.6) is 0 Å². The van der Waals surface area contributed by atoms with Gasteiger partial charge in [-0.15, -0.1) is 0 Å². The lowest BCUT2D eigenvalue weighted by Crippen LogP contribution is -2.45. The molecule has 3 N–H and O–H groups in total. The minimum atomic E-state index is -4.35. The van der Waals surface area contributed by atoms with Crippen LogP contribution in [0, 0.1) is 0 Å². The molecule has 9 heteroatoms. The molecule has 8 nitrogen and oxygen atoms in total. The third kappa shape index (κ3) is 74.4. The number of aliphatic hydroxyl groups excluding tert-OH is 1. The van der Waals surface area contributed by atoms with Crippen LogP contribution in [0.3, 0.4) is 0 Å². The first-order valence-corrected chi connectivity index (χ1v) is 42.2. The SMILES string of the molecule is CCCCCCCCCC/C=C\CCCCCCCCCCCCCCCCCCCCCCCCCCCCCC(=O)NC(COP(=O)(O)OCC[N+](C)(C)C)C(O)/C=C/CCCCCCCCCCCCCCCCCCCCCCCCCCCCC. The highest BCUT2D eigenvalue weighted by molar-refractivity contribution is 7.47. The number of hydrogen-bond acceptors (Lipinski definition) is 5. The van der Waals surface area contributed by atoms with Gasteiger partial charge in [0.15, 0.2) is 0 Å². The van der Waals surface area contributed by atoms with E-state index in [1.165, 1.54) is 385 Å². The zero-order chi connectivity index (χ0) is 65.5. The van der Waals surface area contributed by atoms with E-state index in [4.69, 9.17) is 9.05 Å². The molecule has 1 amide bonds. The number of phosphoric ester groups is 1. The van der Waals surface area contributed by atoms with Crippen LogP contribution in [0.15, 0.2) is 24.3 Å². The summed E-state index contributed by atoms with van der Waals surface area (Å²) in [4.78, 5) is 23.5. The first-order valence-electron chi connectivity index (χ1n) is 40.7. The van der Waals surface area contributed by atoms with Gasteiger partial charge in [0.05, 0.1) is 39.9 Å². The van der Waals surface area contributed by atoms with Crippen LogP contribution < -0.4 is 5.32 Å². The number of rotatable bonds is 77. The molecule has 0 aromatic heterocycles. The first-order chi connectivity index (χ1) is 44.0. The van der Waals surface area contributed by atoms with Gasteiger partial charge in [-0.1, -0.05) is 411 Å². The van der Waals surface area contributed by atoms with Gasteiger partial charge in [0.25, 0.3) is 0 Å². The molecule has 0 aliphatic heterocycles. The van der Waals surface area contributed by atoms with Crippen molar-refractivity contribution < 1.29 is 32.9 Å². The van der Waals surface area contributed by atoms with Gasteiger partial charge in [-0.2, -0.15) is 0 Å². The summed E-state index contributed by atoms with van der Waals surface area (Å²) in [6.07, 6.45) is 96.7. The number of likely N-dealkylation sites (N-methyl/N-ethyl adjacent to an activating group) is 1. The van der Waals surface area contributed by atoms with E-state index in [2.05, 4.69) is 31.3 Å². The van der Waals surface area contributed by atoms with Crippen molar-refractivity contribution in [2.75, 3.05) is 40.9 Å². The van der Waals surface area contributed by atoms with Gasteiger partial charge in [0, 0.05) is 6.42 Å². The van der Waals surface area contributed by atoms with E-state index in [-0.39, 0.29) is 19.1 Å². The first kappa shape index (κ1) is 89.0. The molecule has 0 rings (SSSR count). The number of quaternary nitrogens is 1. The van der Waals surface area contributed by atoms with Crippen molar-refractivity contribution in [1.82, 2.24) is 5.32 Å². The van der Waals surface area contributed by atoms with Crippen molar-refractivity contribution >= 4 is 13.7 Å². The Hall–Kier alpha value is -1.02. The van der Waals surface area contributed by atoms with Crippen LogP contribution in [0.1, 0.15) is 438 Å². The largest absolute Gasteiger partial charge is 0.472 e. The van der Waals surface area contributed by atoms with Crippen molar-refractivity contribution in [1.29, 1.82) is 0 Å². The molecule has 0 fully saturated rings. The molecule has 3 atom stereocenters. The van der Waals surface area contributed by atoms with Crippen LogP contribution >= 0.6 is 7.82 Å². The molecule has 0 aromatic carbocycles. The Morgan fingerprint density at radius 2 is 0.600 bits per heavy atom. The molecule has 0 heterocycles. The average Bonchev–Trinajstić information content (AvgIpc) is 3.72. The van der Waals surface area contributed by atoms with E-state index in [9.17, 15) is 19.4 Å². The molecule has 0 radical (unpaired) electrons. The molecular weight excluding hydrogens is 1130 g/mol. The number of aliphatic hydroxyl groups is 1. The number of hydrogen-bond donors (Lipinski definition) is 3. The molecule has 0 aliphatic carbocycles. The van der Waals surface area contributed by atoms with E-state index in [1.54, 1.807) is 6.08 Å². The number of unbranched alkanes of at least 4 members (excludes halogenated alkanes) is 62. The Labute approximate surface area is 564 Å². The molecule has 0 saturated carbocycles. The van der Waals surface area contributed by atoms with Crippen molar-refractivity contribution in [3.63, 3.8) is 0 Å². The lowest BCUT2D eigenvalue weighted by Gasteiger charge is -2.25. The highest BCUT2D eigenvalue weighted by Crippen LogP contribution is 2.43. The summed E-state index contributed by atoms with van der Waals surface area (Å²) < 4.78 is 23.9. The van der Waals surface area contributed by atoms with Gasteiger partial charge in [0.1, 0.15) is 13.2 Å². The number of allylic oxidation sites excluding steroid dienone is 3. The van der Waals surface area contributed by atoms with Crippen LogP contribution in [0.4, 0.5) is 0 Å². The maximum atomic E-state index is 13.1. The Balaban J connectivity index is 3.91. The second kappa shape index (κ2) is 72.3. The van der Waals surface area contributed by atoms with Crippen LogP contribution in [-0.2, 0) is 18.4 Å². The quantitative estimate of drug-likeness (QED) is 0.0243. The number of carbonyl (C=O) groups excluding carboxylic acids is 1. The monoisotopic (exact) mass is 1290 g/mol. The van der Waals surface area contributed by atoms with E-state index in [0.717, 1.165) is 32.1 Å². The molecule has 0 bridgehead atoms. The van der Waals surface area contributed by atoms with Crippen molar-refractivity contribution in [2.24, 2.45) is 0 Å². The second-order valence-corrected chi connectivity index (χ2v) is 31.0. The molecule has 3 unspecified atom stereocenters. The fourth-order valence-electron chi connectivity index (χ4n) is 12.9. The number of nitrogens with zero attached hydrogens (tertiary/aromatic N) is 1. The lowest BCUT2D eigenvalue weighted by molar-refractivity contribution is -0.870. The summed E-state index contributed by atoms with van der Waals surface area (Å²) >= 11 is 0. The number of phosphoric acid groups is 1. The molecule has 0 spiro atoms. The molecule has 536 valence electrons. The van der Waals surface area contributed by atoms with E-state index < -0.39 is 20.0 Å². The molecule has 0 aliphatic rings. The maximum Gasteiger partial charge on any atom is 0.472 e. The summed E-state index contributed by atoms with van der Waals surface area (Å²) in [5.41, 5.74) is 0. The van der Waals surface area contributed by atoms with E-state index >= 15 is 0 Å². The number of nitrogens with one attached hydrogen (secondary N) is 1. The van der Waals surface area contributed by atoms with Crippen molar-refractivity contribution in [2.45, 2.75) is 450 Å². The van der Waals surface area contributed by atoms with Gasteiger partial charge in [0.2, 0.25) is 5.91 Å².